The van der Waals surface area contributed by atoms with Gasteiger partial charge in [0.25, 0.3) is 0 Å². The molecule has 0 aliphatic heterocycles. The highest BCUT2D eigenvalue weighted by Gasteiger charge is 2.10. The molecule has 0 spiro atoms. The van der Waals surface area contributed by atoms with E-state index in [4.69, 9.17) is 17.3 Å². The predicted octanol–water partition coefficient (Wildman–Crippen LogP) is 4.48. The molecule has 0 saturated heterocycles. The second kappa shape index (κ2) is 7.88. The summed E-state index contributed by atoms with van der Waals surface area (Å²) in [6.45, 7) is 2.13. The highest BCUT2D eigenvalue weighted by molar-refractivity contribution is 6.30. The Morgan fingerprint density at radius 2 is 2.06 bits per heavy atom. The molecule has 0 radical (unpaired) electrons. The maximum Gasteiger partial charge on any atom is 0.129 e. The maximum atomic E-state index is 13.4. The Kier molecular flexibility index (Phi) is 7.73. The fourth-order valence-corrected chi connectivity index (χ4v) is 1.73. The molecule has 4 heteroatoms. The highest BCUT2D eigenvalue weighted by Crippen LogP contribution is 2.22. The minimum atomic E-state index is -0.300. The first-order chi connectivity index (χ1) is 7.15. The Morgan fingerprint density at radius 1 is 1.38 bits per heavy atom. The van der Waals surface area contributed by atoms with Gasteiger partial charge < -0.3 is 5.73 Å². The van der Waals surface area contributed by atoms with E-state index in [2.05, 4.69) is 6.92 Å². The standard InChI is InChI=1S/C12H17ClFN.ClH/c1-2-3-4-5-12(15)10-7-6-9(13)8-11(10)14;/h6-8,12H,2-5,15H2,1H3;1H/t12-;/m0./s1. The molecular formula is C12H18Cl2FN. The van der Waals surface area contributed by atoms with Crippen molar-refractivity contribution in [3.8, 4) is 0 Å². The van der Waals surface area contributed by atoms with Crippen LogP contribution >= 0.6 is 24.0 Å². The number of benzene rings is 1. The summed E-state index contributed by atoms with van der Waals surface area (Å²) in [4.78, 5) is 0. The monoisotopic (exact) mass is 265 g/mol. The molecule has 92 valence electrons. The van der Waals surface area contributed by atoms with E-state index in [0.717, 1.165) is 25.7 Å². The third-order valence-electron chi connectivity index (χ3n) is 2.48. The van der Waals surface area contributed by atoms with Gasteiger partial charge in [-0.3, -0.25) is 0 Å². The molecule has 2 N–H and O–H groups in total. The number of hydrogen-bond acceptors (Lipinski definition) is 1. The van der Waals surface area contributed by atoms with Crippen molar-refractivity contribution in [2.75, 3.05) is 0 Å². The van der Waals surface area contributed by atoms with Gasteiger partial charge in [-0.1, -0.05) is 43.9 Å². The molecule has 0 heterocycles. The molecule has 1 rings (SSSR count). The van der Waals surface area contributed by atoms with Gasteiger partial charge in [-0.15, -0.1) is 12.4 Å². The average molecular weight is 266 g/mol. The Hall–Kier alpha value is -0.310. The van der Waals surface area contributed by atoms with Crippen LogP contribution in [0, 0.1) is 5.82 Å². The van der Waals surface area contributed by atoms with E-state index in [0.29, 0.717) is 10.6 Å². The second-order valence-electron chi connectivity index (χ2n) is 3.77. The fourth-order valence-electron chi connectivity index (χ4n) is 1.57. The van der Waals surface area contributed by atoms with Gasteiger partial charge in [0.05, 0.1) is 0 Å². The smallest absolute Gasteiger partial charge is 0.129 e. The number of unbranched alkanes of at least 4 members (excludes halogenated alkanes) is 2. The third kappa shape index (κ3) is 4.69. The lowest BCUT2D eigenvalue weighted by atomic mass is 10.0. The summed E-state index contributed by atoms with van der Waals surface area (Å²) < 4.78 is 13.4. The molecular weight excluding hydrogens is 248 g/mol. The van der Waals surface area contributed by atoms with Crippen LogP contribution in [-0.2, 0) is 0 Å². The predicted molar refractivity (Wildman–Crippen MR) is 69.7 cm³/mol. The molecule has 0 unspecified atom stereocenters. The van der Waals surface area contributed by atoms with Crippen LogP contribution in [0.1, 0.15) is 44.2 Å². The fraction of sp³-hybridized carbons (Fsp3) is 0.500. The van der Waals surface area contributed by atoms with Gasteiger partial charge in [-0.2, -0.15) is 0 Å². The van der Waals surface area contributed by atoms with Crippen molar-refractivity contribution in [2.45, 2.75) is 38.6 Å². The summed E-state index contributed by atoms with van der Waals surface area (Å²) in [7, 11) is 0. The molecule has 1 atom stereocenters. The second-order valence-corrected chi connectivity index (χ2v) is 4.20. The van der Waals surface area contributed by atoms with E-state index in [9.17, 15) is 4.39 Å². The molecule has 0 amide bonds. The van der Waals surface area contributed by atoms with Crippen molar-refractivity contribution >= 4 is 24.0 Å². The van der Waals surface area contributed by atoms with E-state index in [1.165, 1.54) is 6.07 Å². The maximum absolute atomic E-state index is 13.4. The minimum Gasteiger partial charge on any atom is -0.324 e. The van der Waals surface area contributed by atoms with Crippen LogP contribution in [0.2, 0.25) is 5.02 Å². The number of nitrogens with two attached hydrogens (primary N) is 1. The Balaban J connectivity index is 0.00000225. The van der Waals surface area contributed by atoms with Gasteiger partial charge in [0.15, 0.2) is 0 Å². The first kappa shape index (κ1) is 15.7. The van der Waals surface area contributed by atoms with E-state index in [1.54, 1.807) is 12.1 Å². The third-order valence-corrected chi connectivity index (χ3v) is 2.72. The molecule has 0 bridgehead atoms. The number of hydrogen-bond donors (Lipinski definition) is 1. The summed E-state index contributed by atoms with van der Waals surface area (Å²) in [6.07, 6.45) is 4.16. The van der Waals surface area contributed by atoms with Gasteiger partial charge in [0.2, 0.25) is 0 Å². The topological polar surface area (TPSA) is 26.0 Å². The van der Waals surface area contributed by atoms with Gasteiger partial charge >= 0.3 is 0 Å². The van der Waals surface area contributed by atoms with Gasteiger partial charge in [0.1, 0.15) is 5.82 Å². The molecule has 1 aromatic rings. The van der Waals surface area contributed by atoms with E-state index < -0.39 is 0 Å². The van der Waals surface area contributed by atoms with Gasteiger partial charge in [-0.05, 0) is 18.6 Å². The summed E-state index contributed by atoms with van der Waals surface area (Å²) in [6, 6.07) is 4.46. The molecule has 1 aromatic carbocycles. The summed E-state index contributed by atoms with van der Waals surface area (Å²) in [5.41, 5.74) is 6.47. The van der Waals surface area contributed by atoms with Crippen molar-refractivity contribution in [2.24, 2.45) is 5.73 Å². The van der Waals surface area contributed by atoms with Crippen LogP contribution < -0.4 is 5.73 Å². The minimum absolute atomic E-state index is 0. The Bertz CT molecular complexity index is 318. The van der Waals surface area contributed by atoms with Crippen LogP contribution in [0.15, 0.2) is 18.2 Å². The molecule has 0 aliphatic rings. The van der Waals surface area contributed by atoms with Crippen molar-refractivity contribution in [1.82, 2.24) is 0 Å². The Labute approximate surface area is 108 Å². The molecule has 1 nitrogen and oxygen atoms in total. The van der Waals surface area contributed by atoms with Crippen molar-refractivity contribution in [3.63, 3.8) is 0 Å². The summed E-state index contributed by atoms with van der Waals surface area (Å²) >= 11 is 5.67. The van der Waals surface area contributed by atoms with Gasteiger partial charge in [0, 0.05) is 16.6 Å². The molecule has 16 heavy (non-hydrogen) atoms. The largest absolute Gasteiger partial charge is 0.324 e. The molecule has 0 saturated carbocycles. The lowest BCUT2D eigenvalue weighted by Crippen LogP contribution is -2.11. The summed E-state index contributed by atoms with van der Waals surface area (Å²) in [5.74, 6) is -0.300. The Morgan fingerprint density at radius 3 is 2.62 bits per heavy atom. The van der Waals surface area contributed by atoms with Crippen LogP contribution in [0.3, 0.4) is 0 Å². The van der Waals surface area contributed by atoms with Crippen LogP contribution in [0.5, 0.6) is 0 Å². The lowest BCUT2D eigenvalue weighted by Gasteiger charge is -2.12. The zero-order valence-electron chi connectivity index (χ0n) is 9.38. The molecule has 0 aliphatic carbocycles. The van der Waals surface area contributed by atoms with E-state index >= 15 is 0 Å². The SMILES string of the molecule is CCCCC[C@H](N)c1ccc(Cl)cc1F.Cl. The van der Waals surface area contributed by atoms with Crippen molar-refractivity contribution in [3.05, 3.63) is 34.6 Å². The highest BCUT2D eigenvalue weighted by atomic mass is 35.5. The summed E-state index contributed by atoms with van der Waals surface area (Å²) in [5, 5.41) is 0.414. The first-order valence-corrected chi connectivity index (χ1v) is 5.73. The first-order valence-electron chi connectivity index (χ1n) is 5.35. The zero-order chi connectivity index (χ0) is 11.3. The number of halogens is 3. The van der Waals surface area contributed by atoms with Gasteiger partial charge in [-0.25, -0.2) is 4.39 Å². The van der Waals surface area contributed by atoms with Crippen LogP contribution in [0.4, 0.5) is 4.39 Å². The quantitative estimate of drug-likeness (QED) is 0.781. The van der Waals surface area contributed by atoms with E-state index in [-0.39, 0.29) is 24.3 Å². The molecule has 0 fully saturated rings. The average Bonchev–Trinajstić information content (AvgIpc) is 2.17. The van der Waals surface area contributed by atoms with Crippen LogP contribution in [-0.4, -0.2) is 0 Å². The van der Waals surface area contributed by atoms with Crippen molar-refractivity contribution < 1.29 is 4.39 Å². The normalized spacial score (nSPS) is 12.0. The van der Waals surface area contributed by atoms with Crippen molar-refractivity contribution in [1.29, 1.82) is 0 Å². The van der Waals surface area contributed by atoms with Crippen LogP contribution in [0.25, 0.3) is 0 Å². The lowest BCUT2D eigenvalue weighted by molar-refractivity contribution is 0.539. The number of rotatable bonds is 5. The molecule has 0 aromatic heterocycles. The zero-order valence-corrected chi connectivity index (χ0v) is 11.0. The van der Waals surface area contributed by atoms with E-state index in [1.807, 2.05) is 0 Å².